The first-order chi connectivity index (χ1) is 13.1. The Balaban J connectivity index is 5.44. The lowest BCUT2D eigenvalue weighted by Gasteiger charge is -2.43. The number of hydrogen-bond donors (Lipinski definition) is 3. The second kappa shape index (κ2) is 11.2. The molecule has 10 heteroatoms. The van der Waals surface area contributed by atoms with Gasteiger partial charge in [0.05, 0.1) is 23.8 Å². The van der Waals surface area contributed by atoms with Crippen LogP contribution < -0.4 is 0 Å². The Bertz CT molecular complexity index is 686. The molecule has 0 aliphatic carbocycles. The Morgan fingerprint density at radius 2 is 1.55 bits per heavy atom. The number of rotatable bonds is 12. The van der Waals surface area contributed by atoms with Crippen molar-refractivity contribution in [3.8, 4) is 6.07 Å². The Morgan fingerprint density at radius 3 is 1.97 bits per heavy atom. The molecule has 0 aromatic heterocycles. The van der Waals surface area contributed by atoms with E-state index in [0.29, 0.717) is 9.28 Å². The molecule has 0 heterocycles. The topological polar surface area (TPSA) is 136 Å². The fourth-order valence-corrected chi connectivity index (χ4v) is 6.03. The molecule has 7 nitrogen and oxygen atoms in total. The molecule has 0 saturated carbocycles. The maximum Gasteiger partial charge on any atom is 0.307 e. The second-order valence-electron chi connectivity index (χ2n) is 8.26. The quantitative estimate of drug-likeness (QED) is 0.355. The molecule has 0 rings (SSSR count). The molecule has 29 heavy (non-hydrogen) atoms. The normalized spacial score (nSPS) is 15.0. The van der Waals surface area contributed by atoms with Gasteiger partial charge in [-0.05, 0) is 39.0 Å². The van der Waals surface area contributed by atoms with Gasteiger partial charge < -0.3 is 15.3 Å². The minimum atomic E-state index is -1.02. The molecule has 0 aliphatic rings. The van der Waals surface area contributed by atoms with Crippen LogP contribution in [0, 0.1) is 28.1 Å². The predicted molar refractivity (Wildman–Crippen MR) is 119 cm³/mol. The number of aliphatic carboxylic acids is 3. The smallest absolute Gasteiger partial charge is 0.307 e. The van der Waals surface area contributed by atoms with Crippen LogP contribution >= 0.6 is 35.7 Å². The summed E-state index contributed by atoms with van der Waals surface area (Å²) >= 11 is 7.70. The predicted octanol–water partition coefficient (Wildman–Crippen LogP) is 4.50. The van der Waals surface area contributed by atoms with Crippen molar-refractivity contribution >= 4 is 57.2 Å². The molecule has 0 radical (unpaired) electrons. The summed E-state index contributed by atoms with van der Waals surface area (Å²) < 4.78 is -0.339. The number of thiocarbonyl (C=S) groups is 1. The highest BCUT2D eigenvalue weighted by Crippen LogP contribution is 2.50. The largest absolute Gasteiger partial charge is 0.481 e. The molecule has 3 N–H and O–H groups in total. The summed E-state index contributed by atoms with van der Waals surface area (Å²) in [5.74, 6) is -3.49. The third-order valence-corrected chi connectivity index (χ3v) is 8.14. The zero-order valence-electron chi connectivity index (χ0n) is 17.4. The van der Waals surface area contributed by atoms with E-state index in [2.05, 4.69) is 6.07 Å². The van der Waals surface area contributed by atoms with E-state index in [-0.39, 0.29) is 25.7 Å². The fraction of sp³-hybridized carbons (Fsp3) is 0.737. The van der Waals surface area contributed by atoms with Gasteiger partial charge in [0.2, 0.25) is 0 Å². The van der Waals surface area contributed by atoms with Crippen LogP contribution in [0.1, 0.15) is 60.3 Å². The minimum absolute atomic E-state index is 0.0364. The summed E-state index contributed by atoms with van der Waals surface area (Å²) in [6, 6.07) is 2.20. The zero-order valence-corrected chi connectivity index (χ0v) is 19.8. The van der Waals surface area contributed by atoms with Crippen LogP contribution in [0.15, 0.2) is 0 Å². The summed E-state index contributed by atoms with van der Waals surface area (Å²) in [5.41, 5.74) is -1.78. The SMILES string of the molecule is CC(C)(SC(=S)SCCC(=O)O)C(CC(C)(C)C(C)(C#N)CCC(=O)O)C(=O)O. The zero-order chi connectivity index (χ0) is 23.0. The van der Waals surface area contributed by atoms with Gasteiger partial charge in [0.1, 0.15) is 3.53 Å². The van der Waals surface area contributed by atoms with Gasteiger partial charge >= 0.3 is 17.9 Å². The van der Waals surface area contributed by atoms with Crippen molar-refractivity contribution in [1.29, 1.82) is 5.26 Å². The third-order valence-electron chi connectivity index (χ3n) is 5.31. The van der Waals surface area contributed by atoms with Crippen molar-refractivity contribution in [2.75, 3.05) is 5.75 Å². The Morgan fingerprint density at radius 1 is 1.03 bits per heavy atom. The highest BCUT2D eigenvalue weighted by molar-refractivity contribution is 8.47. The van der Waals surface area contributed by atoms with E-state index >= 15 is 0 Å². The van der Waals surface area contributed by atoms with Crippen molar-refractivity contribution in [3.05, 3.63) is 0 Å². The van der Waals surface area contributed by atoms with E-state index in [1.165, 1.54) is 23.5 Å². The Kier molecular flexibility index (Phi) is 10.7. The third kappa shape index (κ3) is 8.93. The fourth-order valence-electron chi connectivity index (χ4n) is 2.81. The molecule has 0 bridgehead atoms. The lowest BCUT2D eigenvalue weighted by molar-refractivity contribution is -0.145. The summed E-state index contributed by atoms with van der Waals surface area (Å²) in [7, 11) is 0. The number of thioether (sulfide) groups is 2. The van der Waals surface area contributed by atoms with Gasteiger partial charge in [-0.15, -0.1) is 23.5 Å². The monoisotopic (exact) mass is 463 g/mol. The van der Waals surface area contributed by atoms with Crippen molar-refractivity contribution in [2.45, 2.75) is 65.0 Å². The van der Waals surface area contributed by atoms with E-state index in [9.17, 15) is 24.8 Å². The number of nitriles is 1. The molecule has 0 saturated heterocycles. The van der Waals surface area contributed by atoms with Crippen LogP contribution in [0.4, 0.5) is 0 Å². The van der Waals surface area contributed by atoms with Crippen molar-refractivity contribution < 1.29 is 29.7 Å². The van der Waals surface area contributed by atoms with Crippen molar-refractivity contribution in [2.24, 2.45) is 16.7 Å². The van der Waals surface area contributed by atoms with Crippen LogP contribution in [0.3, 0.4) is 0 Å². The summed E-state index contributed by atoms with van der Waals surface area (Å²) in [5, 5.41) is 37.3. The van der Waals surface area contributed by atoms with Crippen LogP contribution in [0.25, 0.3) is 0 Å². The van der Waals surface area contributed by atoms with E-state index in [1.54, 1.807) is 34.6 Å². The molecule has 164 valence electrons. The highest BCUT2D eigenvalue weighted by Gasteiger charge is 2.48. The number of hydrogen-bond acceptors (Lipinski definition) is 7. The molecule has 2 unspecified atom stereocenters. The van der Waals surface area contributed by atoms with E-state index in [0.717, 1.165) is 0 Å². The molecule has 0 aromatic rings. The molecule has 0 aliphatic heterocycles. The summed E-state index contributed by atoms with van der Waals surface area (Å²) in [6.07, 6.45) is 0.0720. The van der Waals surface area contributed by atoms with Crippen LogP contribution in [0.5, 0.6) is 0 Å². The first-order valence-corrected chi connectivity index (χ1v) is 11.2. The molecule has 0 amide bonds. The van der Waals surface area contributed by atoms with E-state index in [1.807, 2.05) is 0 Å². The molecule has 2 atom stereocenters. The number of nitrogens with zero attached hydrogens (tertiary/aromatic N) is 1. The second-order valence-corrected chi connectivity index (χ2v) is 12.2. The molecule has 0 aromatic carbocycles. The summed E-state index contributed by atoms with van der Waals surface area (Å²) in [4.78, 5) is 33.7. The highest BCUT2D eigenvalue weighted by atomic mass is 32.2. The minimum Gasteiger partial charge on any atom is -0.481 e. The van der Waals surface area contributed by atoms with E-state index in [4.69, 9.17) is 22.4 Å². The van der Waals surface area contributed by atoms with Gasteiger partial charge in [-0.25, -0.2) is 0 Å². The van der Waals surface area contributed by atoms with Gasteiger partial charge in [-0.2, -0.15) is 5.26 Å². The Labute approximate surface area is 185 Å². The van der Waals surface area contributed by atoms with Gasteiger partial charge in [-0.1, -0.05) is 26.1 Å². The molecule has 0 spiro atoms. The number of carboxylic acids is 3. The number of carbonyl (C=O) groups is 3. The first-order valence-electron chi connectivity index (χ1n) is 9.01. The lowest BCUT2D eigenvalue weighted by atomic mass is 9.60. The average molecular weight is 464 g/mol. The van der Waals surface area contributed by atoms with Crippen molar-refractivity contribution in [3.63, 3.8) is 0 Å². The van der Waals surface area contributed by atoms with E-state index < -0.39 is 39.4 Å². The summed E-state index contributed by atoms with van der Waals surface area (Å²) in [6.45, 7) is 8.76. The lowest BCUT2D eigenvalue weighted by Crippen LogP contribution is -2.43. The molecular weight excluding hydrogens is 434 g/mol. The molecule has 0 fully saturated rings. The van der Waals surface area contributed by atoms with Gasteiger partial charge in [0, 0.05) is 16.9 Å². The standard InChI is InChI=1S/C19H29NO6S3/c1-17(2,19(5,11-20)8-6-13(21)22)10-12(15(25)26)18(3,4)29-16(27)28-9-7-14(23)24/h12H,6-10H2,1-5H3,(H,21,22)(H,23,24)(H,25,26). The van der Waals surface area contributed by atoms with Gasteiger partial charge in [-0.3, -0.25) is 14.4 Å². The van der Waals surface area contributed by atoms with Crippen molar-refractivity contribution in [1.82, 2.24) is 0 Å². The Hall–Kier alpha value is -1.31. The maximum absolute atomic E-state index is 12.1. The van der Waals surface area contributed by atoms with Crippen LogP contribution in [-0.2, 0) is 14.4 Å². The van der Waals surface area contributed by atoms with Gasteiger partial charge in [0.25, 0.3) is 0 Å². The van der Waals surface area contributed by atoms with Gasteiger partial charge in [0.15, 0.2) is 0 Å². The number of carboxylic acid groups (broad SMARTS) is 3. The van der Waals surface area contributed by atoms with Crippen LogP contribution in [0.2, 0.25) is 0 Å². The average Bonchev–Trinajstić information content (AvgIpc) is 2.56. The maximum atomic E-state index is 12.1. The first kappa shape index (κ1) is 27.7. The van der Waals surface area contributed by atoms with Crippen LogP contribution in [-0.4, -0.2) is 47.3 Å². The molecular formula is C19H29NO6S3.